The highest BCUT2D eigenvalue weighted by molar-refractivity contribution is 6.23. The van der Waals surface area contributed by atoms with E-state index in [4.69, 9.17) is 4.74 Å². The van der Waals surface area contributed by atoms with Crippen LogP contribution < -0.4 is 4.74 Å². The van der Waals surface area contributed by atoms with Gasteiger partial charge >= 0.3 is 0 Å². The number of ether oxygens (including phenoxy) is 1. The van der Waals surface area contributed by atoms with Crippen LogP contribution in [0.1, 0.15) is 5.56 Å². The van der Waals surface area contributed by atoms with Crippen molar-refractivity contribution in [1.82, 2.24) is 0 Å². The van der Waals surface area contributed by atoms with Crippen molar-refractivity contribution in [3.63, 3.8) is 0 Å². The topological polar surface area (TPSA) is 51.0 Å². The third-order valence-corrected chi connectivity index (χ3v) is 3.10. The van der Waals surface area contributed by atoms with Gasteiger partial charge in [0, 0.05) is 0 Å². The Morgan fingerprint density at radius 2 is 2.11 bits per heavy atom. The van der Waals surface area contributed by atoms with E-state index in [1.165, 1.54) is 0 Å². The van der Waals surface area contributed by atoms with Crippen LogP contribution in [0.25, 0.3) is 0 Å². The number of carbonyl (C=O) groups excluding carboxylic acids is 1. The van der Waals surface area contributed by atoms with Gasteiger partial charge in [0.1, 0.15) is 12.0 Å². The fourth-order valence-corrected chi connectivity index (χ4v) is 2.15. The average molecular weight is 252 g/mol. The molecular formula is C15H12N2O2. The smallest absolute Gasteiger partial charge is 0.163 e. The van der Waals surface area contributed by atoms with Crippen LogP contribution in [0.5, 0.6) is 5.75 Å². The standard InChI is InChI=1S/C15H12N2O2/c1-19-13-8-3-2-6-11(13)15-16-12-7-4-5-10(9-18)14(12)17-15/h2-10H,1H3. The van der Waals surface area contributed by atoms with Crippen molar-refractivity contribution < 1.29 is 9.53 Å². The summed E-state index contributed by atoms with van der Waals surface area (Å²) in [7, 11) is 1.61. The highest BCUT2D eigenvalue weighted by Crippen LogP contribution is 2.27. The summed E-state index contributed by atoms with van der Waals surface area (Å²) in [5, 5.41) is 0. The zero-order valence-electron chi connectivity index (χ0n) is 10.4. The van der Waals surface area contributed by atoms with Crippen molar-refractivity contribution in [3.05, 3.63) is 53.8 Å². The van der Waals surface area contributed by atoms with Crippen molar-refractivity contribution in [3.8, 4) is 5.75 Å². The molecule has 1 aromatic carbocycles. The van der Waals surface area contributed by atoms with Gasteiger partial charge in [-0.1, -0.05) is 24.3 Å². The Bertz CT molecular complexity index is 654. The maximum Gasteiger partial charge on any atom is 0.163 e. The van der Waals surface area contributed by atoms with Crippen LogP contribution in [0.4, 0.5) is 0 Å². The van der Waals surface area contributed by atoms with Crippen LogP contribution in [0, 0.1) is 5.92 Å². The molecule has 0 amide bonds. The van der Waals surface area contributed by atoms with E-state index in [0.717, 1.165) is 23.3 Å². The molecule has 1 aliphatic carbocycles. The molecule has 0 N–H and O–H groups in total. The number of nitrogens with zero attached hydrogens (tertiary/aromatic N) is 2. The van der Waals surface area contributed by atoms with Crippen LogP contribution in [-0.4, -0.2) is 24.9 Å². The van der Waals surface area contributed by atoms with E-state index in [9.17, 15) is 4.79 Å². The van der Waals surface area contributed by atoms with E-state index in [1.54, 1.807) is 7.11 Å². The predicted molar refractivity (Wildman–Crippen MR) is 73.7 cm³/mol. The van der Waals surface area contributed by atoms with E-state index >= 15 is 0 Å². The molecule has 0 fully saturated rings. The van der Waals surface area contributed by atoms with Gasteiger partial charge in [0.15, 0.2) is 5.84 Å². The van der Waals surface area contributed by atoms with Crippen molar-refractivity contribution in [2.45, 2.75) is 0 Å². The lowest BCUT2D eigenvalue weighted by atomic mass is 9.98. The summed E-state index contributed by atoms with van der Waals surface area (Å²) in [6, 6.07) is 7.58. The molecule has 4 heteroatoms. The lowest BCUT2D eigenvalue weighted by Gasteiger charge is -2.08. The SMILES string of the molecule is COc1ccccc1C1=NC2=CC=CC(C=O)C2=N1. The number of para-hydroxylation sites is 1. The first-order valence-electron chi connectivity index (χ1n) is 5.98. The number of aldehydes is 1. The Hall–Kier alpha value is -2.49. The van der Waals surface area contributed by atoms with Gasteiger partial charge in [0.2, 0.25) is 0 Å². The second-order valence-corrected chi connectivity index (χ2v) is 4.23. The van der Waals surface area contributed by atoms with Gasteiger partial charge in [-0.05, 0) is 18.2 Å². The van der Waals surface area contributed by atoms with Crippen LogP contribution in [-0.2, 0) is 4.79 Å². The highest BCUT2D eigenvalue weighted by Gasteiger charge is 2.26. The lowest BCUT2D eigenvalue weighted by Crippen LogP contribution is -2.15. The number of benzene rings is 1. The minimum Gasteiger partial charge on any atom is -0.496 e. The third-order valence-electron chi connectivity index (χ3n) is 3.10. The molecule has 19 heavy (non-hydrogen) atoms. The molecule has 1 aliphatic heterocycles. The van der Waals surface area contributed by atoms with Gasteiger partial charge < -0.3 is 9.53 Å². The maximum absolute atomic E-state index is 11.0. The number of carbonyl (C=O) groups is 1. The number of fused-ring (bicyclic) bond motifs is 1. The quantitative estimate of drug-likeness (QED) is 0.774. The number of hydrogen-bond acceptors (Lipinski definition) is 4. The Labute approximate surface area is 110 Å². The molecule has 3 rings (SSSR count). The highest BCUT2D eigenvalue weighted by atomic mass is 16.5. The number of allylic oxidation sites excluding steroid dienone is 4. The first kappa shape index (κ1) is 11.6. The summed E-state index contributed by atoms with van der Waals surface area (Å²) in [6.45, 7) is 0. The molecule has 94 valence electrons. The van der Waals surface area contributed by atoms with Gasteiger partial charge in [0.05, 0.1) is 30.0 Å². The Balaban J connectivity index is 2.05. The number of aliphatic imine (C=N–C) groups is 2. The summed E-state index contributed by atoms with van der Waals surface area (Å²) in [5.41, 5.74) is 2.29. The Kier molecular flexibility index (Phi) is 2.83. The van der Waals surface area contributed by atoms with Crippen molar-refractivity contribution in [2.75, 3.05) is 7.11 Å². The molecular weight excluding hydrogens is 240 g/mol. The lowest BCUT2D eigenvalue weighted by molar-refractivity contribution is -0.108. The zero-order valence-corrected chi connectivity index (χ0v) is 10.4. The van der Waals surface area contributed by atoms with E-state index in [2.05, 4.69) is 9.98 Å². The van der Waals surface area contributed by atoms with Gasteiger partial charge in [-0.2, -0.15) is 0 Å². The molecule has 2 aliphatic rings. The molecule has 1 unspecified atom stereocenters. The van der Waals surface area contributed by atoms with Gasteiger partial charge in [-0.25, -0.2) is 9.98 Å². The van der Waals surface area contributed by atoms with E-state index in [0.29, 0.717) is 11.5 Å². The van der Waals surface area contributed by atoms with Crippen molar-refractivity contribution in [2.24, 2.45) is 15.9 Å². The number of amidine groups is 1. The molecule has 1 atom stereocenters. The van der Waals surface area contributed by atoms with Gasteiger partial charge in [-0.3, -0.25) is 0 Å². The predicted octanol–water partition coefficient (Wildman–Crippen LogP) is 2.17. The van der Waals surface area contributed by atoms with E-state index < -0.39 is 0 Å². The minimum absolute atomic E-state index is 0.309. The maximum atomic E-state index is 11.0. The largest absolute Gasteiger partial charge is 0.496 e. The molecule has 0 radical (unpaired) electrons. The molecule has 0 spiro atoms. The number of rotatable bonds is 3. The second-order valence-electron chi connectivity index (χ2n) is 4.23. The molecule has 4 nitrogen and oxygen atoms in total. The Morgan fingerprint density at radius 3 is 2.89 bits per heavy atom. The average Bonchev–Trinajstić information content (AvgIpc) is 2.90. The summed E-state index contributed by atoms with van der Waals surface area (Å²) >= 11 is 0. The van der Waals surface area contributed by atoms with Gasteiger partial charge in [-0.15, -0.1) is 0 Å². The zero-order chi connectivity index (χ0) is 13.2. The van der Waals surface area contributed by atoms with Crippen LogP contribution in [0.3, 0.4) is 0 Å². The van der Waals surface area contributed by atoms with Crippen molar-refractivity contribution in [1.29, 1.82) is 0 Å². The number of hydrogen-bond donors (Lipinski definition) is 0. The first-order chi connectivity index (χ1) is 9.33. The van der Waals surface area contributed by atoms with E-state index in [1.807, 2.05) is 42.5 Å². The molecule has 1 aromatic rings. The summed E-state index contributed by atoms with van der Waals surface area (Å²) in [5.74, 6) is 1.01. The molecule has 0 saturated carbocycles. The second kappa shape index (κ2) is 4.65. The first-order valence-corrected chi connectivity index (χ1v) is 5.98. The monoisotopic (exact) mass is 252 g/mol. The molecule has 0 aromatic heterocycles. The van der Waals surface area contributed by atoms with Crippen LogP contribution >= 0.6 is 0 Å². The van der Waals surface area contributed by atoms with Gasteiger partial charge in [0.25, 0.3) is 0 Å². The minimum atomic E-state index is -0.309. The van der Waals surface area contributed by atoms with Crippen LogP contribution in [0.2, 0.25) is 0 Å². The van der Waals surface area contributed by atoms with Crippen molar-refractivity contribution >= 4 is 17.8 Å². The fraction of sp³-hybridized carbons (Fsp3) is 0.133. The molecule has 0 saturated heterocycles. The summed E-state index contributed by atoms with van der Waals surface area (Å²) in [6.07, 6.45) is 6.39. The van der Waals surface area contributed by atoms with Crippen LogP contribution in [0.15, 0.2) is 58.2 Å². The van der Waals surface area contributed by atoms with E-state index in [-0.39, 0.29) is 5.92 Å². The molecule has 1 heterocycles. The Morgan fingerprint density at radius 1 is 1.26 bits per heavy atom. The molecule has 0 bridgehead atoms. The normalized spacial score (nSPS) is 20.3. The third kappa shape index (κ3) is 1.91. The fourth-order valence-electron chi connectivity index (χ4n) is 2.15. The summed E-state index contributed by atoms with van der Waals surface area (Å²) < 4.78 is 5.31. The number of methoxy groups -OCH3 is 1. The summed E-state index contributed by atoms with van der Waals surface area (Å²) in [4.78, 5) is 20.0.